The maximum absolute atomic E-state index is 9.37. The van der Waals surface area contributed by atoms with Crippen LogP contribution in [0.25, 0.3) is 0 Å². The summed E-state index contributed by atoms with van der Waals surface area (Å²) in [6.07, 6.45) is 2.62. The van der Waals surface area contributed by atoms with Crippen molar-refractivity contribution in [2.75, 3.05) is 13.1 Å². The molecule has 0 fully saturated rings. The van der Waals surface area contributed by atoms with Crippen molar-refractivity contribution in [3.8, 4) is 5.75 Å². The summed E-state index contributed by atoms with van der Waals surface area (Å²) in [5.41, 5.74) is 6.52. The van der Waals surface area contributed by atoms with Crippen molar-refractivity contribution in [2.45, 2.75) is 25.4 Å². The molecule has 1 aromatic rings. The number of nitrogens with zero attached hydrogens (tertiary/aromatic N) is 1. The number of hydrogen-bond donors (Lipinski definition) is 2. The van der Waals surface area contributed by atoms with Gasteiger partial charge in [-0.25, -0.2) is 0 Å². The van der Waals surface area contributed by atoms with Crippen LogP contribution >= 0.6 is 0 Å². The van der Waals surface area contributed by atoms with Gasteiger partial charge in [0.05, 0.1) is 6.54 Å². The van der Waals surface area contributed by atoms with Crippen molar-refractivity contribution in [2.24, 2.45) is 10.7 Å². The van der Waals surface area contributed by atoms with Gasteiger partial charge < -0.3 is 15.6 Å². The van der Waals surface area contributed by atoms with E-state index >= 15 is 0 Å². The predicted octanol–water partition coefficient (Wildman–Crippen LogP) is 1.47. The van der Waals surface area contributed by atoms with Crippen molar-refractivity contribution in [3.05, 3.63) is 29.8 Å². The minimum atomic E-state index is 0.101. The fourth-order valence-electron chi connectivity index (χ4n) is 1.91. The summed E-state index contributed by atoms with van der Waals surface area (Å²) in [5, 5.41) is 9.37. The lowest BCUT2D eigenvalue weighted by molar-refractivity contribution is 0.218. The van der Waals surface area contributed by atoms with Gasteiger partial charge in [0.1, 0.15) is 11.9 Å². The summed E-state index contributed by atoms with van der Waals surface area (Å²) < 4.78 is 5.72. The SMILES string of the molecule is NCCCC1=NCC(Cc2cccc(O)c2)O1. The topological polar surface area (TPSA) is 67.8 Å². The quantitative estimate of drug-likeness (QED) is 0.810. The summed E-state index contributed by atoms with van der Waals surface area (Å²) in [7, 11) is 0. The monoisotopic (exact) mass is 234 g/mol. The molecule has 4 heteroatoms. The average Bonchev–Trinajstić information content (AvgIpc) is 2.74. The van der Waals surface area contributed by atoms with E-state index in [2.05, 4.69) is 4.99 Å². The second kappa shape index (κ2) is 5.68. The van der Waals surface area contributed by atoms with Crippen LogP contribution in [0.4, 0.5) is 0 Å². The molecule has 0 bridgehead atoms. The van der Waals surface area contributed by atoms with Crippen LogP contribution in [-0.4, -0.2) is 30.2 Å². The van der Waals surface area contributed by atoms with Gasteiger partial charge in [-0.2, -0.15) is 0 Å². The van der Waals surface area contributed by atoms with E-state index in [-0.39, 0.29) is 6.10 Å². The van der Waals surface area contributed by atoms with Gasteiger partial charge in [0, 0.05) is 12.8 Å². The zero-order chi connectivity index (χ0) is 12.1. The molecule has 1 aliphatic heterocycles. The number of rotatable bonds is 5. The molecule has 1 heterocycles. The normalized spacial score (nSPS) is 18.9. The molecule has 2 rings (SSSR count). The van der Waals surface area contributed by atoms with Gasteiger partial charge >= 0.3 is 0 Å². The first-order chi connectivity index (χ1) is 8.28. The van der Waals surface area contributed by atoms with E-state index in [1.165, 1.54) is 0 Å². The molecule has 4 nitrogen and oxygen atoms in total. The number of ether oxygens (including phenoxy) is 1. The highest BCUT2D eigenvalue weighted by molar-refractivity contribution is 5.77. The molecule has 0 radical (unpaired) electrons. The number of aromatic hydroxyl groups is 1. The van der Waals surface area contributed by atoms with Crippen molar-refractivity contribution in [3.63, 3.8) is 0 Å². The lowest BCUT2D eigenvalue weighted by Crippen LogP contribution is -2.16. The lowest BCUT2D eigenvalue weighted by atomic mass is 10.1. The molecule has 92 valence electrons. The number of nitrogens with two attached hydrogens (primary N) is 1. The van der Waals surface area contributed by atoms with Crippen molar-refractivity contribution in [1.82, 2.24) is 0 Å². The first kappa shape index (κ1) is 11.9. The van der Waals surface area contributed by atoms with Gasteiger partial charge in [0.15, 0.2) is 5.90 Å². The fourth-order valence-corrected chi connectivity index (χ4v) is 1.91. The third-order valence-electron chi connectivity index (χ3n) is 2.74. The molecule has 0 aliphatic carbocycles. The lowest BCUT2D eigenvalue weighted by Gasteiger charge is -2.11. The van der Waals surface area contributed by atoms with Crippen LogP contribution in [0.1, 0.15) is 18.4 Å². The van der Waals surface area contributed by atoms with Crippen molar-refractivity contribution < 1.29 is 9.84 Å². The van der Waals surface area contributed by atoms with E-state index in [0.29, 0.717) is 18.8 Å². The Hall–Kier alpha value is -1.55. The van der Waals surface area contributed by atoms with Crippen LogP contribution in [0.3, 0.4) is 0 Å². The Balaban J connectivity index is 1.83. The number of benzene rings is 1. The smallest absolute Gasteiger partial charge is 0.183 e. The molecule has 0 amide bonds. The minimum absolute atomic E-state index is 0.101. The van der Waals surface area contributed by atoms with Crippen LogP contribution in [-0.2, 0) is 11.2 Å². The van der Waals surface area contributed by atoms with Crippen LogP contribution in [0.15, 0.2) is 29.3 Å². The molecule has 17 heavy (non-hydrogen) atoms. The minimum Gasteiger partial charge on any atom is -0.508 e. The van der Waals surface area contributed by atoms with Gasteiger partial charge in [-0.15, -0.1) is 0 Å². The van der Waals surface area contributed by atoms with E-state index in [9.17, 15) is 5.11 Å². The highest BCUT2D eigenvalue weighted by Crippen LogP contribution is 2.17. The Morgan fingerprint density at radius 3 is 3.12 bits per heavy atom. The van der Waals surface area contributed by atoms with E-state index in [4.69, 9.17) is 10.5 Å². The summed E-state index contributed by atoms with van der Waals surface area (Å²) in [6, 6.07) is 7.26. The van der Waals surface area contributed by atoms with Crippen LogP contribution in [0, 0.1) is 0 Å². The van der Waals surface area contributed by atoms with Crippen molar-refractivity contribution >= 4 is 5.90 Å². The van der Waals surface area contributed by atoms with Gasteiger partial charge in [0.25, 0.3) is 0 Å². The maximum atomic E-state index is 9.37. The van der Waals surface area contributed by atoms with Crippen LogP contribution in [0.2, 0.25) is 0 Å². The van der Waals surface area contributed by atoms with Gasteiger partial charge in [-0.3, -0.25) is 4.99 Å². The molecule has 0 saturated heterocycles. The first-order valence-corrected chi connectivity index (χ1v) is 5.96. The molecule has 0 aromatic heterocycles. The Bertz CT molecular complexity index is 404. The van der Waals surface area contributed by atoms with Crippen molar-refractivity contribution in [1.29, 1.82) is 0 Å². The van der Waals surface area contributed by atoms with E-state index in [0.717, 1.165) is 30.7 Å². The number of phenols is 1. The summed E-state index contributed by atoms with van der Waals surface area (Å²) >= 11 is 0. The Labute approximate surface area is 101 Å². The second-order valence-electron chi connectivity index (χ2n) is 4.24. The summed E-state index contributed by atoms with van der Waals surface area (Å²) in [6.45, 7) is 1.37. The Morgan fingerprint density at radius 1 is 1.47 bits per heavy atom. The summed E-state index contributed by atoms with van der Waals surface area (Å²) in [5.74, 6) is 1.12. The number of aliphatic imine (C=N–C) groups is 1. The third-order valence-corrected chi connectivity index (χ3v) is 2.74. The Morgan fingerprint density at radius 2 is 2.35 bits per heavy atom. The average molecular weight is 234 g/mol. The zero-order valence-electron chi connectivity index (χ0n) is 9.80. The molecule has 0 saturated carbocycles. The fraction of sp³-hybridized carbons (Fsp3) is 0.462. The zero-order valence-corrected chi connectivity index (χ0v) is 9.80. The molecular formula is C13H18N2O2. The predicted molar refractivity (Wildman–Crippen MR) is 67.3 cm³/mol. The molecule has 1 aliphatic rings. The summed E-state index contributed by atoms with van der Waals surface area (Å²) in [4.78, 5) is 4.35. The molecule has 1 atom stereocenters. The molecular weight excluding hydrogens is 216 g/mol. The highest BCUT2D eigenvalue weighted by atomic mass is 16.5. The Kier molecular flexibility index (Phi) is 3.98. The molecule has 3 N–H and O–H groups in total. The number of hydrogen-bond acceptors (Lipinski definition) is 4. The maximum Gasteiger partial charge on any atom is 0.183 e. The molecule has 1 aromatic carbocycles. The third kappa shape index (κ3) is 3.46. The number of phenolic OH excluding ortho intramolecular Hbond substituents is 1. The molecule has 0 spiro atoms. The van der Waals surface area contributed by atoms with Gasteiger partial charge in [-0.1, -0.05) is 12.1 Å². The van der Waals surface area contributed by atoms with E-state index < -0.39 is 0 Å². The van der Waals surface area contributed by atoms with Crippen LogP contribution in [0.5, 0.6) is 5.75 Å². The second-order valence-corrected chi connectivity index (χ2v) is 4.24. The molecule has 1 unspecified atom stereocenters. The van der Waals surface area contributed by atoms with E-state index in [1.807, 2.05) is 12.1 Å². The van der Waals surface area contributed by atoms with E-state index in [1.54, 1.807) is 12.1 Å². The van der Waals surface area contributed by atoms with Gasteiger partial charge in [0.2, 0.25) is 0 Å². The van der Waals surface area contributed by atoms with Crippen LogP contribution < -0.4 is 5.73 Å². The standard InChI is InChI=1S/C13H18N2O2/c14-6-2-5-13-15-9-12(17-13)8-10-3-1-4-11(16)7-10/h1,3-4,7,12,16H,2,5-6,8-9,14H2. The highest BCUT2D eigenvalue weighted by Gasteiger charge is 2.19. The largest absolute Gasteiger partial charge is 0.508 e. The first-order valence-electron chi connectivity index (χ1n) is 5.96. The van der Waals surface area contributed by atoms with Gasteiger partial charge in [-0.05, 0) is 30.7 Å².